The highest BCUT2D eigenvalue weighted by Crippen LogP contribution is 2.72. The number of anilines is 3. The second kappa shape index (κ2) is 31.1. The van der Waals surface area contributed by atoms with Crippen molar-refractivity contribution in [3.8, 4) is 11.1 Å². The molecule has 30 heteroatoms. The number of nitrogens with two attached hydrogens (primary N) is 1. The van der Waals surface area contributed by atoms with E-state index in [0.717, 1.165) is 64.0 Å². The molecule has 2 aliphatic heterocycles. The van der Waals surface area contributed by atoms with E-state index in [1.165, 1.54) is 28.4 Å². The van der Waals surface area contributed by atoms with Gasteiger partial charge in [-0.25, -0.2) is 24.4 Å². The molecule has 28 nitrogen and oxygen atoms in total. The molecule has 4 saturated carbocycles. The molecule has 6 aliphatic rings. The Bertz CT molecular complexity index is 4330. The number of carbonyl (C=O) groups excluding carboxylic acids is 8. The van der Waals surface area contributed by atoms with Gasteiger partial charge in [0.25, 0.3) is 27.8 Å². The van der Waals surface area contributed by atoms with E-state index in [0.29, 0.717) is 90.6 Å². The van der Waals surface area contributed by atoms with Crippen molar-refractivity contribution in [2.75, 3.05) is 60.6 Å². The van der Waals surface area contributed by atoms with Crippen molar-refractivity contribution in [1.82, 2.24) is 45.5 Å². The second-order valence-electron chi connectivity index (χ2n) is 29.2. The number of primary amides is 1. The number of urea groups is 1. The number of nitrogens with zero attached hydrogens (tertiary/aromatic N) is 7. The minimum atomic E-state index is -4.51. The number of amides is 9. The normalized spacial score (nSPS) is 20.9. The Hall–Kier alpha value is -9.65. The fourth-order valence-electron chi connectivity index (χ4n) is 16.7. The molecule has 4 aliphatic carbocycles. The van der Waals surface area contributed by atoms with E-state index in [1.54, 1.807) is 56.4 Å². The van der Waals surface area contributed by atoms with Crippen LogP contribution in [0.1, 0.15) is 148 Å². The molecule has 0 spiro atoms. The minimum Gasteiger partial charge on any atom is -0.476 e. The van der Waals surface area contributed by atoms with E-state index in [-0.39, 0.29) is 97.7 Å². The van der Waals surface area contributed by atoms with Gasteiger partial charge in [-0.15, -0.1) is 0 Å². The summed E-state index contributed by atoms with van der Waals surface area (Å²) in [6, 6.07) is 20.4. The zero-order valence-corrected chi connectivity index (χ0v) is 60.1. The van der Waals surface area contributed by atoms with E-state index in [2.05, 4.69) is 45.4 Å². The Morgan fingerprint density at radius 1 is 0.806 bits per heavy atom. The number of pyridine rings is 1. The Morgan fingerprint density at radius 3 is 2.24 bits per heavy atom. The van der Waals surface area contributed by atoms with E-state index >= 15 is 0 Å². The molecule has 12 rings (SSSR count). The molecule has 6 aromatic rings. The number of aromatic carboxylic acids is 1. The first-order valence-corrected chi connectivity index (χ1v) is 37.3. The highest BCUT2D eigenvalue weighted by molar-refractivity contribution is 7.85. The number of ether oxygens (including phenoxy) is 2. The van der Waals surface area contributed by atoms with Crippen LogP contribution in [0.2, 0.25) is 0 Å². The summed E-state index contributed by atoms with van der Waals surface area (Å²) in [5.74, 6) is -4.52. The van der Waals surface area contributed by atoms with Crippen molar-refractivity contribution in [1.29, 1.82) is 0 Å². The number of nitrogens with one attached hydrogen (secondary N) is 5. The van der Waals surface area contributed by atoms with Crippen LogP contribution < -0.4 is 37.2 Å². The Morgan fingerprint density at radius 2 is 1.54 bits per heavy atom. The van der Waals surface area contributed by atoms with Crippen LogP contribution in [-0.2, 0) is 69.7 Å². The van der Waals surface area contributed by atoms with Crippen molar-refractivity contribution >= 4 is 102 Å². The fraction of sp³-hybridized carbons (Fsp3) is 0.479. The molecule has 4 atom stereocenters. The maximum atomic E-state index is 13.9. The predicted molar refractivity (Wildman–Crippen MR) is 384 cm³/mol. The fourth-order valence-corrected chi connectivity index (χ4v) is 18.0. The maximum absolute atomic E-state index is 13.9. The minimum absolute atomic E-state index is 0.0269. The van der Waals surface area contributed by atoms with Crippen LogP contribution >= 0.6 is 11.3 Å². The van der Waals surface area contributed by atoms with Crippen LogP contribution in [0.3, 0.4) is 0 Å². The summed E-state index contributed by atoms with van der Waals surface area (Å²) in [7, 11) is -4.51. The molecule has 2 unspecified atom stereocenters. The lowest BCUT2D eigenvalue weighted by molar-refractivity contribution is -0.248. The third-order valence-electron chi connectivity index (χ3n) is 20.3. The molecule has 9 N–H and O–H groups in total. The van der Waals surface area contributed by atoms with Crippen LogP contribution in [0.25, 0.3) is 21.3 Å². The number of carboxylic acids is 1. The first kappa shape index (κ1) is 74.5. The lowest BCUT2D eigenvalue weighted by Gasteiger charge is -2.69. The van der Waals surface area contributed by atoms with Crippen molar-refractivity contribution < 1.29 is 70.7 Å². The van der Waals surface area contributed by atoms with Crippen LogP contribution in [-0.4, -0.2) is 164 Å². The average Bonchev–Trinajstić information content (AvgIpc) is 0.895. The number of benzene rings is 3. The molecular formula is C73H89N13O15S2. The third-order valence-corrected chi connectivity index (χ3v) is 21.9. The van der Waals surface area contributed by atoms with Crippen LogP contribution in [0.4, 0.5) is 26.2 Å². The van der Waals surface area contributed by atoms with E-state index in [9.17, 15) is 61.2 Å². The number of fused-ring (bicyclic) bond motifs is 2. The van der Waals surface area contributed by atoms with Crippen LogP contribution in [0.5, 0.6) is 0 Å². The maximum Gasteiger partial charge on any atom is 0.410 e. The van der Waals surface area contributed by atoms with Gasteiger partial charge in [-0.3, -0.25) is 48.2 Å². The summed E-state index contributed by atoms with van der Waals surface area (Å²) in [4.78, 5) is 130. The number of aromatic nitrogens is 4. The summed E-state index contributed by atoms with van der Waals surface area (Å²) >= 11 is 1.40. The average molecular weight is 1450 g/mol. The number of unbranched alkanes of at least 4 members (excludes halogenated alkanes) is 2. The number of thiazole rings is 1. The van der Waals surface area contributed by atoms with Gasteiger partial charge in [0.15, 0.2) is 10.8 Å². The zero-order chi connectivity index (χ0) is 73.6. The summed E-state index contributed by atoms with van der Waals surface area (Å²) in [6.07, 6.45) is 10.7. The van der Waals surface area contributed by atoms with Gasteiger partial charge in [0, 0.05) is 92.5 Å². The smallest absolute Gasteiger partial charge is 0.410 e. The zero-order valence-electron chi connectivity index (χ0n) is 58.5. The predicted octanol–water partition coefficient (Wildman–Crippen LogP) is 8.54. The molecule has 103 heavy (non-hydrogen) atoms. The second-order valence-corrected chi connectivity index (χ2v) is 31.8. The summed E-state index contributed by atoms with van der Waals surface area (Å²) in [5.41, 5.74) is 9.81. The number of carboxylic acid groups (broad SMARTS) is 1. The van der Waals surface area contributed by atoms with Crippen molar-refractivity contribution in [3.05, 3.63) is 131 Å². The highest BCUT2D eigenvalue weighted by atomic mass is 32.2. The van der Waals surface area contributed by atoms with Crippen molar-refractivity contribution in [2.45, 2.75) is 155 Å². The molecule has 3 aromatic heterocycles. The number of para-hydroxylation sites is 1. The quantitative estimate of drug-likeness (QED) is 0.0111. The molecule has 9 amide bonds. The van der Waals surface area contributed by atoms with Gasteiger partial charge < -0.3 is 51.4 Å². The molecule has 3 aromatic carbocycles. The Balaban J connectivity index is 0.698. The van der Waals surface area contributed by atoms with Crippen LogP contribution in [0.15, 0.2) is 97.2 Å². The molecule has 5 heterocycles. The van der Waals surface area contributed by atoms with E-state index in [1.807, 2.05) is 59.0 Å². The van der Waals surface area contributed by atoms with Gasteiger partial charge in [-0.1, -0.05) is 81.9 Å². The SMILES string of the molecule is Cc1c(-c2ccc(N3CCc4cccc(C(=O)Nc5nc6ccccc6s5)c4C3)nc2C(=O)O)cnn1CC12CC3(C)CC(C)(C1)CC(OCCN(CCS(=O)(=O)O)C(=O)OCc1ccc(NC(=O)[C@H](CCCNC(N)=O)NC(=O)[C@@H](NC(=O)CCCCCN4C(=O)C=CC4=O)C(C)C)cc1)(C3)C2. The number of carbonyl (C=O) groups is 9. The standard InChI is InChI=1S/C73H89N13O15S2/c1-45(2)61(81-58(87)18-7-6-10-29-85-59(88)25-26-60(85)89)65(92)78-55(16-12-28-75-67(74)95)64(91)77-49-21-19-47(20-22-49)37-100-69(96)83(32-34-103(97,98)99)31-33-101-73-41-70(4)38-71(5,42-73)40-72(39-70,43-73)44-86-46(3)52(35-76-86)50-23-24-57(80-62(50)66(93)94)84-30-27-48-13-11-14-51(53(48)36-84)63(90)82-68-79-54-15-8-9-17-56(54)102-68/h8-9,11,13-15,17,19-26,35,45,55,61H,6-7,10,12,16,18,27-34,36-44H2,1-5H3,(H,77,91)(H,78,92)(H,81,87)(H,93,94)(H3,74,75,95)(H,79,82,90)(H,97,98,99)/t55-,61-,70?,71?,72?,73?/m0/s1. The van der Waals surface area contributed by atoms with Crippen LogP contribution in [0, 0.1) is 29.1 Å². The summed E-state index contributed by atoms with van der Waals surface area (Å²) in [5, 5.41) is 29.9. The van der Waals surface area contributed by atoms with Crippen molar-refractivity contribution in [3.63, 3.8) is 0 Å². The van der Waals surface area contributed by atoms with Gasteiger partial charge in [0.2, 0.25) is 17.7 Å². The summed E-state index contributed by atoms with van der Waals surface area (Å²) < 4.78 is 49.7. The lowest BCUT2D eigenvalue weighted by Crippen LogP contribution is -2.64. The number of imide groups is 1. The number of hydrogen-bond donors (Lipinski definition) is 8. The molecule has 4 fully saturated rings. The van der Waals surface area contributed by atoms with E-state index in [4.69, 9.17) is 25.3 Å². The van der Waals surface area contributed by atoms with Crippen molar-refractivity contribution in [2.24, 2.45) is 27.9 Å². The number of hydrogen-bond acceptors (Lipinski definition) is 18. The first-order chi connectivity index (χ1) is 49.0. The molecular weight excluding hydrogens is 1360 g/mol. The molecule has 548 valence electrons. The third kappa shape index (κ3) is 18.2. The van der Waals surface area contributed by atoms with Gasteiger partial charge >= 0.3 is 18.1 Å². The largest absolute Gasteiger partial charge is 0.476 e. The molecule has 0 radical (unpaired) electrons. The Kier molecular flexibility index (Phi) is 22.5. The molecule has 4 bridgehead atoms. The van der Waals surface area contributed by atoms with Gasteiger partial charge in [-0.2, -0.15) is 13.5 Å². The first-order valence-electron chi connectivity index (χ1n) is 34.8. The molecule has 0 saturated heterocycles. The van der Waals surface area contributed by atoms with Gasteiger partial charge in [0.1, 0.15) is 24.5 Å². The monoisotopic (exact) mass is 1450 g/mol. The van der Waals surface area contributed by atoms with Gasteiger partial charge in [-0.05, 0) is 159 Å². The lowest BCUT2D eigenvalue weighted by atomic mass is 9.39. The number of rotatable bonds is 32. The summed E-state index contributed by atoms with van der Waals surface area (Å²) in [6.45, 7) is 11.1. The van der Waals surface area contributed by atoms with E-state index < -0.39 is 75.9 Å². The highest BCUT2D eigenvalue weighted by Gasteiger charge is 2.66. The topological polar surface area (TPSA) is 386 Å². The Labute approximate surface area is 601 Å². The van der Waals surface area contributed by atoms with Gasteiger partial charge in [0.05, 0.1) is 34.4 Å².